The van der Waals surface area contributed by atoms with Crippen LogP contribution in [0.1, 0.15) is 102 Å². The third kappa shape index (κ3) is 10.9. The molecule has 2 fully saturated rings. The number of nitrogens with one attached hydrogen (secondary N) is 1. The largest absolute Gasteiger partial charge is 0.459 e. The van der Waals surface area contributed by atoms with Gasteiger partial charge >= 0.3 is 12.2 Å². The van der Waals surface area contributed by atoms with E-state index < -0.39 is 36.2 Å². The summed E-state index contributed by atoms with van der Waals surface area (Å²) in [4.78, 5) is 35.0. The van der Waals surface area contributed by atoms with Crippen LogP contribution in [0, 0.1) is 23.2 Å². The number of aliphatic hydroxyl groups excluding tert-OH is 2. The zero-order chi connectivity index (χ0) is 42.7. The Hall–Kier alpha value is -4.43. The number of aliphatic hydroxyl groups is 2. The number of unbranched alkanes of at least 4 members (excludes halogenated alkanes) is 2. The molecule has 2 aromatic carbocycles. The fraction of sp³-hybridized carbons (Fsp3) is 0.596. The summed E-state index contributed by atoms with van der Waals surface area (Å²) in [5.74, 6) is -1.30. The lowest BCUT2D eigenvalue weighted by Crippen LogP contribution is -2.69. The summed E-state index contributed by atoms with van der Waals surface area (Å²) >= 11 is 0. The average Bonchev–Trinajstić information content (AvgIpc) is 3.24. The molecule has 0 radical (unpaired) electrons. The zero-order valence-electron chi connectivity index (χ0n) is 35.8. The van der Waals surface area contributed by atoms with Crippen LogP contribution in [0.15, 0.2) is 78.0 Å². The number of hydrogen-bond acceptors (Lipinski definition) is 11. The van der Waals surface area contributed by atoms with Crippen molar-refractivity contribution >= 4 is 17.9 Å². The molecule has 2 heterocycles. The first-order chi connectivity index (χ1) is 29.0. The van der Waals surface area contributed by atoms with Gasteiger partial charge in [0.05, 0.1) is 31.5 Å². The Labute approximate surface area is 355 Å². The fourth-order valence-corrected chi connectivity index (χ4v) is 9.13. The summed E-state index contributed by atoms with van der Waals surface area (Å²) < 4.78 is 31.9. The van der Waals surface area contributed by atoms with E-state index in [9.17, 15) is 19.8 Å². The SMILES string of the molecule is C=CCO[C@@]12Oc3ccc(OC(=O)NCc4ccccc4)cc3[C@H]3[C@H](CCCCO)[C@@H](CCCCO)C=C(C(=NOC4CCCCO4)C[C@@H]1N(C)C(=O)OCC(C)(C)C)[C@H]32. The molecule has 6 rings (SSSR count). The van der Waals surface area contributed by atoms with E-state index >= 15 is 0 Å². The molecule has 1 saturated heterocycles. The summed E-state index contributed by atoms with van der Waals surface area (Å²) in [6, 6.07) is 14.3. The number of amides is 2. The highest BCUT2D eigenvalue weighted by Gasteiger charge is 2.65. The minimum absolute atomic E-state index is 0.00116. The summed E-state index contributed by atoms with van der Waals surface area (Å²) in [5.41, 5.74) is 3.08. The van der Waals surface area contributed by atoms with E-state index in [2.05, 4.69) is 18.0 Å². The van der Waals surface area contributed by atoms with Gasteiger partial charge in [-0.2, -0.15) is 0 Å². The first kappa shape index (κ1) is 45.1. The maximum Gasteiger partial charge on any atom is 0.412 e. The molecular formula is C47H65N3O10. The smallest absolute Gasteiger partial charge is 0.412 e. The van der Waals surface area contributed by atoms with Crippen LogP contribution in [0.2, 0.25) is 0 Å². The lowest BCUT2D eigenvalue weighted by Gasteiger charge is -2.59. The Balaban J connectivity index is 1.49. The van der Waals surface area contributed by atoms with Crippen LogP contribution >= 0.6 is 0 Å². The minimum atomic E-state index is -1.44. The van der Waals surface area contributed by atoms with Gasteiger partial charge in [-0.25, -0.2) is 9.59 Å². The van der Waals surface area contributed by atoms with Gasteiger partial charge < -0.3 is 49.0 Å². The molecule has 0 aromatic heterocycles. The number of carbonyl (C=O) groups excluding carboxylic acids is 2. The predicted molar refractivity (Wildman–Crippen MR) is 228 cm³/mol. The molecule has 2 aromatic rings. The van der Waals surface area contributed by atoms with Crippen LogP contribution in [-0.2, 0) is 25.6 Å². The summed E-state index contributed by atoms with van der Waals surface area (Å²) in [7, 11) is 1.71. The summed E-state index contributed by atoms with van der Waals surface area (Å²) in [6.07, 6.45) is 9.66. The second kappa shape index (κ2) is 20.9. The molecule has 2 amide bonds. The molecule has 60 heavy (non-hydrogen) atoms. The van der Waals surface area contributed by atoms with Crippen molar-refractivity contribution in [1.29, 1.82) is 0 Å². The van der Waals surface area contributed by atoms with Crippen molar-refractivity contribution in [2.75, 3.05) is 40.1 Å². The second-order valence-electron chi connectivity index (χ2n) is 17.6. The van der Waals surface area contributed by atoms with Crippen LogP contribution < -0.4 is 14.8 Å². The van der Waals surface area contributed by atoms with Gasteiger partial charge in [-0.3, -0.25) is 0 Å². The molecular weight excluding hydrogens is 767 g/mol. The van der Waals surface area contributed by atoms with Gasteiger partial charge in [0.25, 0.3) is 0 Å². The van der Waals surface area contributed by atoms with Crippen molar-refractivity contribution in [3.63, 3.8) is 0 Å². The molecule has 4 aliphatic rings. The van der Waals surface area contributed by atoms with Gasteiger partial charge in [0.2, 0.25) is 12.1 Å². The molecule has 328 valence electrons. The van der Waals surface area contributed by atoms with E-state index in [4.69, 9.17) is 33.7 Å². The number of fused-ring (bicyclic) bond motifs is 2. The quantitative estimate of drug-likeness (QED) is 0.0759. The molecule has 1 saturated carbocycles. The van der Waals surface area contributed by atoms with Crippen molar-refractivity contribution in [2.24, 2.45) is 28.3 Å². The Morgan fingerprint density at radius 1 is 1.05 bits per heavy atom. The molecule has 2 aliphatic carbocycles. The number of carbonyl (C=O) groups is 2. The molecule has 1 unspecified atom stereocenters. The van der Waals surface area contributed by atoms with Crippen molar-refractivity contribution in [3.05, 3.63) is 84.0 Å². The van der Waals surface area contributed by atoms with Gasteiger partial charge in [-0.15, -0.1) is 6.58 Å². The van der Waals surface area contributed by atoms with Crippen LogP contribution in [0.25, 0.3) is 0 Å². The third-order valence-corrected chi connectivity index (χ3v) is 11.9. The normalized spacial score (nSPS) is 26.4. The summed E-state index contributed by atoms with van der Waals surface area (Å²) in [6.45, 7) is 11.4. The van der Waals surface area contributed by atoms with E-state index in [0.29, 0.717) is 49.6 Å². The number of oxime groups is 1. The van der Waals surface area contributed by atoms with Crippen LogP contribution in [0.3, 0.4) is 0 Å². The van der Waals surface area contributed by atoms with E-state index in [0.717, 1.165) is 55.2 Å². The highest BCUT2D eigenvalue weighted by molar-refractivity contribution is 6.03. The van der Waals surface area contributed by atoms with Crippen LogP contribution in [-0.4, -0.2) is 91.2 Å². The van der Waals surface area contributed by atoms with E-state index in [-0.39, 0.29) is 56.0 Å². The van der Waals surface area contributed by atoms with Crippen molar-refractivity contribution in [1.82, 2.24) is 10.2 Å². The van der Waals surface area contributed by atoms with Gasteiger partial charge in [-0.1, -0.05) is 81.3 Å². The molecule has 3 N–H and O–H groups in total. The van der Waals surface area contributed by atoms with E-state index in [1.807, 2.05) is 63.2 Å². The van der Waals surface area contributed by atoms with E-state index in [1.165, 1.54) is 0 Å². The number of rotatable bonds is 18. The molecule has 7 atom stereocenters. The first-order valence-corrected chi connectivity index (χ1v) is 21.7. The lowest BCUT2D eigenvalue weighted by molar-refractivity contribution is -0.254. The molecule has 2 aliphatic heterocycles. The minimum Gasteiger partial charge on any atom is -0.459 e. The Morgan fingerprint density at radius 3 is 2.52 bits per heavy atom. The number of allylic oxidation sites excluding steroid dienone is 1. The number of ether oxygens (including phenoxy) is 5. The Morgan fingerprint density at radius 2 is 1.82 bits per heavy atom. The standard InChI is InChI=1S/C47H65N3O10/c1-6-25-57-47-40(50(5)45(54)56-31-46(2,3)4)29-38(49-60-41-20-12-15-26-55-41)36-27-33(18-10-13-23-51)35(19-11-14-24-52)42(43(36)47)37-28-34(21-22-39(37)59-47)58-44(53)48-30-32-16-8-7-9-17-32/h6-9,16-17,21-22,27-28,33,35,40-43,51-52H,1,10-15,18-20,23-26,29-31H2,2-5H3,(H,48,53)/t33-,35+,40-,41?,42+,43+,47+/m0/s1. The van der Waals surface area contributed by atoms with Crippen LogP contribution in [0.4, 0.5) is 9.59 Å². The average molecular weight is 832 g/mol. The molecule has 13 nitrogen and oxygen atoms in total. The maximum atomic E-state index is 14.1. The second-order valence-corrected chi connectivity index (χ2v) is 17.6. The fourth-order valence-electron chi connectivity index (χ4n) is 9.13. The van der Waals surface area contributed by atoms with Crippen molar-refractivity contribution in [3.8, 4) is 11.5 Å². The van der Waals surface area contributed by atoms with Gasteiger partial charge in [0.15, 0.2) is 0 Å². The van der Waals surface area contributed by atoms with E-state index in [1.54, 1.807) is 24.1 Å². The number of nitrogens with zero attached hydrogens (tertiary/aromatic N) is 2. The highest BCUT2D eigenvalue weighted by Crippen LogP contribution is 2.62. The summed E-state index contributed by atoms with van der Waals surface area (Å²) in [5, 5.41) is 27.5. The topological polar surface area (TPSA) is 158 Å². The van der Waals surface area contributed by atoms with Gasteiger partial charge in [0, 0.05) is 51.1 Å². The lowest BCUT2D eigenvalue weighted by atomic mass is 9.55. The maximum absolute atomic E-state index is 14.1. The number of benzene rings is 2. The molecule has 13 heteroatoms. The van der Waals surface area contributed by atoms with Crippen LogP contribution in [0.5, 0.6) is 11.5 Å². The number of hydrogen-bond donors (Lipinski definition) is 3. The van der Waals surface area contributed by atoms with Crippen molar-refractivity contribution in [2.45, 2.75) is 116 Å². The predicted octanol–water partition coefficient (Wildman–Crippen LogP) is 8.25. The monoisotopic (exact) mass is 831 g/mol. The van der Waals surface area contributed by atoms with Crippen molar-refractivity contribution < 1.29 is 48.3 Å². The molecule has 0 spiro atoms. The molecule has 0 bridgehead atoms. The Kier molecular flexibility index (Phi) is 15.7. The van der Waals surface area contributed by atoms with Gasteiger partial charge in [0.1, 0.15) is 17.5 Å². The van der Waals surface area contributed by atoms with Gasteiger partial charge in [-0.05, 0) is 85.1 Å². The Bertz CT molecular complexity index is 1810. The first-order valence-electron chi connectivity index (χ1n) is 21.7. The zero-order valence-corrected chi connectivity index (χ0v) is 35.8. The highest BCUT2D eigenvalue weighted by atomic mass is 16.8. The third-order valence-electron chi connectivity index (χ3n) is 11.9. The number of likely N-dealkylation sites (N-methyl/N-ethyl adjacent to an activating group) is 1.